The number of carboxylic acids is 1. The van der Waals surface area contributed by atoms with Crippen LogP contribution in [0.15, 0.2) is 54.9 Å². The van der Waals surface area contributed by atoms with Crippen molar-refractivity contribution in [3.05, 3.63) is 88.5 Å². The normalized spacial score (nSPS) is 11.2. The lowest BCUT2D eigenvalue weighted by Gasteiger charge is -2.10. The molecule has 0 atom stereocenters. The zero-order chi connectivity index (χ0) is 21.9. The Morgan fingerprint density at radius 2 is 1.53 bits per heavy atom. The molecule has 0 spiro atoms. The van der Waals surface area contributed by atoms with Crippen molar-refractivity contribution < 1.29 is 32.3 Å². The lowest BCUT2D eigenvalue weighted by Crippen LogP contribution is -2.11. The molecule has 0 amide bonds. The highest BCUT2D eigenvalue weighted by Gasteiger charge is 2.34. The van der Waals surface area contributed by atoms with E-state index in [0.29, 0.717) is 12.1 Å². The zero-order valence-corrected chi connectivity index (χ0v) is 15.1. The molecule has 2 aromatic carbocycles. The van der Waals surface area contributed by atoms with Crippen molar-refractivity contribution in [2.75, 3.05) is 5.32 Å². The second-order valence-electron chi connectivity index (χ2n) is 6.17. The maximum atomic E-state index is 13.4. The van der Waals surface area contributed by atoms with Crippen LogP contribution in [0.4, 0.5) is 23.5 Å². The summed E-state index contributed by atoms with van der Waals surface area (Å²) < 4.78 is 51.8. The molecule has 0 unspecified atom stereocenters. The molecule has 2 N–H and O–H groups in total. The van der Waals surface area contributed by atoms with Crippen LogP contribution in [0.5, 0.6) is 0 Å². The summed E-state index contributed by atoms with van der Waals surface area (Å²) in [6.07, 6.45) is -2.64. The Bertz CT molecular complexity index is 1080. The van der Waals surface area contributed by atoms with Gasteiger partial charge in [0.05, 0.1) is 16.7 Å². The van der Waals surface area contributed by atoms with E-state index >= 15 is 0 Å². The maximum absolute atomic E-state index is 13.4. The van der Waals surface area contributed by atoms with E-state index in [1.807, 2.05) is 0 Å². The van der Waals surface area contributed by atoms with E-state index in [0.717, 1.165) is 24.0 Å². The van der Waals surface area contributed by atoms with E-state index in [4.69, 9.17) is 5.11 Å². The van der Waals surface area contributed by atoms with Crippen molar-refractivity contribution >= 4 is 17.7 Å². The van der Waals surface area contributed by atoms with Crippen molar-refractivity contribution in [3.63, 3.8) is 0 Å². The van der Waals surface area contributed by atoms with Gasteiger partial charge in [0, 0.05) is 24.5 Å². The molecule has 30 heavy (non-hydrogen) atoms. The van der Waals surface area contributed by atoms with E-state index in [1.54, 1.807) is 12.1 Å². The van der Waals surface area contributed by atoms with Gasteiger partial charge in [-0.15, -0.1) is 0 Å². The summed E-state index contributed by atoms with van der Waals surface area (Å²) in [4.78, 5) is 31.1. The number of rotatable bonds is 6. The van der Waals surface area contributed by atoms with Gasteiger partial charge >= 0.3 is 12.1 Å². The molecule has 0 fully saturated rings. The molecule has 0 bridgehead atoms. The molecule has 0 saturated heterocycles. The predicted molar refractivity (Wildman–Crippen MR) is 97.6 cm³/mol. The van der Waals surface area contributed by atoms with Crippen LogP contribution in [0, 0.1) is 5.82 Å². The fourth-order valence-electron chi connectivity index (χ4n) is 2.53. The number of anilines is 1. The van der Waals surface area contributed by atoms with E-state index in [2.05, 4.69) is 15.3 Å². The molecular weight excluding hydrogens is 406 g/mol. The first-order valence-electron chi connectivity index (χ1n) is 8.45. The SMILES string of the molecule is O=C(O)c1ccc(CNc2ncc(C(=O)c3ccc(F)c(C(F)(F)F)c3)cn2)cc1. The first-order chi connectivity index (χ1) is 14.1. The van der Waals surface area contributed by atoms with Crippen molar-refractivity contribution in [1.82, 2.24) is 9.97 Å². The summed E-state index contributed by atoms with van der Waals surface area (Å²) in [5, 5.41) is 11.7. The van der Waals surface area contributed by atoms with Gasteiger partial charge in [0.2, 0.25) is 5.95 Å². The first kappa shape index (κ1) is 20.9. The van der Waals surface area contributed by atoms with Gasteiger partial charge in [-0.3, -0.25) is 4.79 Å². The molecule has 3 aromatic rings. The predicted octanol–water partition coefficient (Wildman–Crippen LogP) is 4.18. The largest absolute Gasteiger partial charge is 0.478 e. The summed E-state index contributed by atoms with van der Waals surface area (Å²) in [7, 11) is 0. The number of alkyl halides is 3. The highest BCUT2D eigenvalue weighted by Crippen LogP contribution is 2.32. The summed E-state index contributed by atoms with van der Waals surface area (Å²) in [6, 6.07) is 8.11. The fraction of sp³-hybridized carbons (Fsp3) is 0.100. The molecule has 3 rings (SSSR count). The Labute approximate surface area is 167 Å². The molecule has 6 nitrogen and oxygen atoms in total. The number of aromatic nitrogens is 2. The highest BCUT2D eigenvalue weighted by molar-refractivity contribution is 6.08. The third kappa shape index (κ3) is 4.77. The number of nitrogens with one attached hydrogen (secondary N) is 1. The summed E-state index contributed by atoms with van der Waals surface area (Å²) >= 11 is 0. The molecule has 0 saturated carbocycles. The molecule has 1 aromatic heterocycles. The second-order valence-corrected chi connectivity index (χ2v) is 6.17. The van der Waals surface area contributed by atoms with Crippen LogP contribution in [0.25, 0.3) is 0 Å². The second kappa shape index (κ2) is 8.27. The number of carbonyl (C=O) groups is 2. The average Bonchev–Trinajstić information content (AvgIpc) is 2.72. The van der Waals surface area contributed by atoms with Gasteiger partial charge in [-0.2, -0.15) is 13.2 Å². The Balaban J connectivity index is 1.69. The minimum Gasteiger partial charge on any atom is -0.478 e. The molecule has 154 valence electrons. The van der Waals surface area contributed by atoms with Crippen molar-refractivity contribution in [2.45, 2.75) is 12.7 Å². The number of hydrogen-bond donors (Lipinski definition) is 2. The minimum atomic E-state index is -4.92. The molecule has 0 radical (unpaired) electrons. The number of nitrogens with zero attached hydrogens (tertiary/aromatic N) is 2. The lowest BCUT2D eigenvalue weighted by molar-refractivity contribution is -0.140. The number of ketones is 1. The number of carbonyl (C=O) groups excluding carboxylic acids is 1. The van der Waals surface area contributed by atoms with Gasteiger partial charge in [0.1, 0.15) is 5.82 Å². The summed E-state index contributed by atoms with van der Waals surface area (Å²) in [5.74, 6) is -3.13. The third-order valence-corrected chi connectivity index (χ3v) is 4.10. The molecule has 0 aliphatic heterocycles. The van der Waals surface area contributed by atoms with Crippen LogP contribution in [0.1, 0.15) is 37.4 Å². The smallest absolute Gasteiger partial charge is 0.419 e. The zero-order valence-electron chi connectivity index (χ0n) is 15.1. The number of aromatic carboxylic acids is 1. The molecule has 0 aliphatic carbocycles. The van der Waals surface area contributed by atoms with E-state index < -0.39 is 29.3 Å². The van der Waals surface area contributed by atoms with Gasteiger partial charge in [-0.25, -0.2) is 19.2 Å². The number of hydrogen-bond acceptors (Lipinski definition) is 5. The van der Waals surface area contributed by atoms with Gasteiger partial charge in [-0.1, -0.05) is 12.1 Å². The monoisotopic (exact) mass is 419 g/mol. The number of halogens is 4. The Morgan fingerprint density at radius 1 is 0.933 bits per heavy atom. The van der Waals surface area contributed by atoms with Gasteiger partial charge in [0.15, 0.2) is 5.78 Å². The minimum absolute atomic E-state index is 0.0638. The van der Waals surface area contributed by atoms with Crippen LogP contribution in [0.3, 0.4) is 0 Å². The Morgan fingerprint density at radius 3 is 2.10 bits per heavy atom. The highest BCUT2D eigenvalue weighted by atomic mass is 19.4. The molecular formula is C20H13F4N3O3. The van der Waals surface area contributed by atoms with E-state index in [1.165, 1.54) is 12.1 Å². The Kier molecular flexibility index (Phi) is 5.77. The van der Waals surface area contributed by atoms with E-state index in [-0.39, 0.29) is 29.2 Å². The molecule has 0 aliphatic rings. The first-order valence-corrected chi connectivity index (χ1v) is 8.45. The Hall–Kier alpha value is -3.82. The quantitative estimate of drug-likeness (QED) is 0.460. The average molecular weight is 419 g/mol. The van der Waals surface area contributed by atoms with Crippen LogP contribution < -0.4 is 5.32 Å². The fourth-order valence-corrected chi connectivity index (χ4v) is 2.53. The van der Waals surface area contributed by atoms with Crippen molar-refractivity contribution in [3.8, 4) is 0 Å². The number of benzene rings is 2. The van der Waals surface area contributed by atoms with Crippen LogP contribution in [-0.2, 0) is 12.7 Å². The van der Waals surface area contributed by atoms with Gasteiger partial charge < -0.3 is 10.4 Å². The third-order valence-electron chi connectivity index (χ3n) is 4.10. The van der Waals surface area contributed by atoms with Gasteiger partial charge in [0.25, 0.3) is 0 Å². The van der Waals surface area contributed by atoms with E-state index in [9.17, 15) is 27.2 Å². The van der Waals surface area contributed by atoms with Crippen molar-refractivity contribution in [2.24, 2.45) is 0 Å². The van der Waals surface area contributed by atoms with Crippen LogP contribution in [0.2, 0.25) is 0 Å². The van der Waals surface area contributed by atoms with Gasteiger partial charge in [-0.05, 0) is 35.9 Å². The van der Waals surface area contributed by atoms with Crippen LogP contribution in [-0.4, -0.2) is 26.8 Å². The topological polar surface area (TPSA) is 92.2 Å². The summed E-state index contributed by atoms with van der Waals surface area (Å²) in [6.45, 7) is 0.278. The standard InChI is InChI=1S/C20H13F4N3O3/c21-16-6-5-13(7-15(16)20(22,23)24)17(28)14-9-26-19(27-10-14)25-8-11-1-3-12(4-2-11)18(29)30/h1-7,9-10H,8H2,(H,29,30)(H,25,26,27). The number of carboxylic acid groups (broad SMARTS) is 1. The molecule has 1 heterocycles. The molecule has 10 heteroatoms. The van der Waals surface area contributed by atoms with Crippen LogP contribution >= 0.6 is 0 Å². The maximum Gasteiger partial charge on any atom is 0.419 e. The summed E-state index contributed by atoms with van der Waals surface area (Å²) in [5.41, 5.74) is -1.03. The van der Waals surface area contributed by atoms with Crippen molar-refractivity contribution in [1.29, 1.82) is 0 Å². The lowest BCUT2D eigenvalue weighted by atomic mass is 10.0.